The van der Waals surface area contributed by atoms with Gasteiger partial charge in [-0.2, -0.15) is 35.9 Å². The van der Waals surface area contributed by atoms with E-state index >= 15 is 0 Å². The minimum atomic E-state index is 0. The van der Waals surface area contributed by atoms with E-state index < -0.39 is 0 Å². The first kappa shape index (κ1) is 28.5. The first-order chi connectivity index (χ1) is 8.02. The van der Waals surface area contributed by atoms with Gasteiger partial charge in [-0.25, -0.2) is 24.3 Å². The molecule has 0 aliphatic rings. The number of hydrogen-bond donors (Lipinski definition) is 0. The Kier molecular flexibility index (Phi) is 24.9. The third-order valence-electron chi connectivity index (χ3n) is 2.08. The van der Waals surface area contributed by atoms with Crippen molar-refractivity contribution in [2.24, 2.45) is 0 Å². The Bertz CT molecular complexity index is 320. The van der Waals surface area contributed by atoms with Crippen molar-refractivity contribution >= 4 is 9.52 Å². The molecule has 0 N–H and O–H groups in total. The fourth-order valence-electron chi connectivity index (χ4n) is 1.19. The Labute approximate surface area is 159 Å². The summed E-state index contributed by atoms with van der Waals surface area (Å²) in [6.45, 7) is 11.1. The van der Waals surface area contributed by atoms with Gasteiger partial charge in [0, 0.05) is 9.52 Å². The molecule has 0 amide bonds. The van der Waals surface area contributed by atoms with Crippen molar-refractivity contribution in [2.45, 2.75) is 39.3 Å². The van der Waals surface area contributed by atoms with Crippen LogP contribution in [0, 0.1) is 0 Å². The van der Waals surface area contributed by atoms with Crippen molar-refractivity contribution in [2.75, 3.05) is 0 Å². The maximum Gasteiger partial charge on any atom is 4.00 e. The Hall–Kier alpha value is 0.380. The summed E-state index contributed by atoms with van der Waals surface area (Å²) in [6.07, 6.45) is 0. The SMILES string of the molecule is CC(C)(C)[c-]1cccc1.C[SiH]C.[Cl-].[Cl-].[Zr+4].c1cc[cH-]c1. The Morgan fingerprint density at radius 1 is 0.850 bits per heavy atom. The minimum Gasteiger partial charge on any atom is -1.00 e. The molecule has 0 fully saturated rings. The normalized spacial score (nSPS) is 8.25. The Balaban J connectivity index is -0.000000102. The molecule has 1 radical (unpaired) electrons. The molecule has 0 aliphatic heterocycles. The van der Waals surface area contributed by atoms with Crippen LogP contribution in [0.4, 0.5) is 0 Å². The molecule has 2 aromatic carbocycles. The van der Waals surface area contributed by atoms with Gasteiger partial charge in [0.2, 0.25) is 0 Å². The number of halogens is 2. The molecule has 0 atom stereocenters. The van der Waals surface area contributed by atoms with Crippen LogP contribution >= 0.6 is 0 Å². The van der Waals surface area contributed by atoms with Crippen LogP contribution in [0.5, 0.6) is 0 Å². The predicted octanol–water partition coefficient (Wildman–Crippen LogP) is -1.37. The largest absolute Gasteiger partial charge is 4.00 e. The second kappa shape index (κ2) is 17.4. The van der Waals surface area contributed by atoms with Gasteiger partial charge in [0.15, 0.2) is 0 Å². The zero-order valence-electron chi connectivity index (χ0n) is 13.0. The second-order valence-corrected chi connectivity index (χ2v) is 6.12. The van der Waals surface area contributed by atoms with E-state index in [4.69, 9.17) is 0 Å². The van der Waals surface area contributed by atoms with Crippen molar-refractivity contribution in [1.82, 2.24) is 0 Å². The predicted molar refractivity (Wildman–Crippen MR) is 81.6 cm³/mol. The Morgan fingerprint density at radius 3 is 1.35 bits per heavy atom. The molecule has 0 unspecified atom stereocenters. The summed E-state index contributed by atoms with van der Waals surface area (Å²) in [4.78, 5) is 0. The smallest absolute Gasteiger partial charge is 1.00 e. The molecule has 2 aromatic rings. The maximum absolute atomic E-state index is 2.22. The molecule has 0 spiro atoms. The van der Waals surface area contributed by atoms with E-state index in [1.54, 1.807) is 0 Å². The van der Waals surface area contributed by atoms with Gasteiger partial charge in [0.25, 0.3) is 0 Å². The molecule has 0 nitrogen and oxygen atoms in total. The second-order valence-electron chi connectivity index (χ2n) is 4.96. The van der Waals surface area contributed by atoms with Gasteiger partial charge >= 0.3 is 26.2 Å². The molecule has 0 aliphatic carbocycles. The van der Waals surface area contributed by atoms with Crippen LogP contribution in [0.25, 0.3) is 0 Å². The van der Waals surface area contributed by atoms with Crippen LogP contribution in [0.15, 0.2) is 54.6 Å². The zero-order chi connectivity index (χ0) is 13.1. The average molecular weight is 408 g/mol. The molecule has 0 saturated heterocycles. The van der Waals surface area contributed by atoms with E-state index in [1.807, 2.05) is 30.3 Å². The fourth-order valence-corrected chi connectivity index (χ4v) is 1.19. The minimum absolute atomic E-state index is 0. The zero-order valence-corrected chi connectivity index (χ0v) is 18.2. The van der Waals surface area contributed by atoms with E-state index in [1.165, 1.54) is 5.56 Å². The van der Waals surface area contributed by atoms with E-state index in [0.717, 1.165) is 9.52 Å². The molecule has 0 saturated carbocycles. The summed E-state index contributed by atoms with van der Waals surface area (Å²) in [5, 5.41) is 0. The fraction of sp³-hybridized carbons (Fsp3) is 0.375. The van der Waals surface area contributed by atoms with Crippen LogP contribution in [-0.4, -0.2) is 9.52 Å². The number of hydrogen-bond acceptors (Lipinski definition) is 0. The van der Waals surface area contributed by atoms with Gasteiger partial charge < -0.3 is 24.8 Å². The van der Waals surface area contributed by atoms with E-state index in [-0.39, 0.29) is 51.0 Å². The van der Waals surface area contributed by atoms with Crippen LogP contribution in [0.3, 0.4) is 0 Å². The quantitative estimate of drug-likeness (QED) is 0.374. The van der Waals surface area contributed by atoms with Gasteiger partial charge in [-0.3, -0.25) is 0 Å². The first-order valence-electron chi connectivity index (χ1n) is 6.15. The molecular weight excluding hydrogens is 382 g/mol. The molecule has 0 heterocycles. The Morgan fingerprint density at radius 2 is 1.20 bits per heavy atom. The van der Waals surface area contributed by atoms with Crippen LogP contribution < -0.4 is 24.8 Å². The van der Waals surface area contributed by atoms with E-state index in [9.17, 15) is 0 Å². The molecule has 2 rings (SSSR count). The molecule has 0 aromatic heterocycles. The molecule has 0 bridgehead atoms. The summed E-state index contributed by atoms with van der Waals surface area (Å²) < 4.78 is 0. The monoisotopic (exact) mass is 405 g/mol. The van der Waals surface area contributed by atoms with Gasteiger partial charge in [-0.1, -0.05) is 39.3 Å². The average Bonchev–Trinajstić information content (AvgIpc) is 2.95. The third kappa shape index (κ3) is 16.4. The summed E-state index contributed by atoms with van der Waals surface area (Å²) in [7, 11) is 0.750. The molecular formula is C16H25Cl2SiZr. The molecule has 111 valence electrons. The molecule has 4 heteroatoms. The van der Waals surface area contributed by atoms with Crippen molar-refractivity contribution in [3.8, 4) is 0 Å². The van der Waals surface area contributed by atoms with Crippen molar-refractivity contribution in [3.63, 3.8) is 0 Å². The first-order valence-corrected chi connectivity index (χ1v) is 8.46. The number of rotatable bonds is 0. The third-order valence-corrected chi connectivity index (χ3v) is 2.08. The van der Waals surface area contributed by atoms with Gasteiger partial charge in [0.1, 0.15) is 0 Å². The topological polar surface area (TPSA) is 0 Å². The standard InChI is InChI=1S/C9H13.C5H5.C2H7Si.2ClH.Zr/c1-9(2,3)8-6-4-5-7-8;1-2-4-5-3-1;1-3-2;;;/h4-7H,1-3H3;1-5H;3H,1-2H3;2*1H;/q2*-1;;;;+4/p-2. The maximum atomic E-state index is 2.22. The van der Waals surface area contributed by atoms with Crippen LogP contribution in [-0.2, 0) is 31.6 Å². The molecule has 20 heavy (non-hydrogen) atoms. The van der Waals surface area contributed by atoms with Gasteiger partial charge in [0.05, 0.1) is 0 Å². The van der Waals surface area contributed by atoms with E-state index in [2.05, 4.69) is 58.1 Å². The van der Waals surface area contributed by atoms with Crippen LogP contribution in [0.1, 0.15) is 26.3 Å². The van der Waals surface area contributed by atoms with Gasteiger partial charge in [-0.05, 0) is 0 Å². The summed E-state index contributed by atoms with van der Waals surface area (Å²) >= 11 is 0. The van der Waals surface area contributed by atoms with E-state index in [0.29, 0.717) is 5.41 Å². The summed E-state index contributed by atoms with van der Waals surface area (Å²) in [5.74, 6) is 0. The van der Waals surface area contributed by atoms with Crippen molar-refractivity contribution in [3.05, 3.63) is 60.2 Å². The van der Waals surface area contributed by atoms with Gasteiger partial charge in [-0.15, -0.1) is 0 Å². The van der Waals surface area contributed by atoms with Crippen molar-refractivity contribution < 1.29 is 51.0 Å². The summed E-state index contributed by atoms with van der Waals surface area (Å²) in [6, 6.07) is 18.5. The summed E-state index contributed by atoms with van der Waals surface area (Å²) in [5.41, 5.74) is 1.74. The van der Waals surface area contributed by atoms with Crippen LogP contribution in [0.2, 0.25) is 13.1 Å². The van der Waals surface area contributed by atoms with Crippen molar-refractivity contribution in [1.29, 1.82) is 0 Å².